The summed E-state index contributed by atoms with van der Waals surface area (Å²) in [5, 5.41) is 3.82. The van der Waals surface area contributed by atoms with E-state index in [9.17, 15) is 0 Å². The number of rotatable bonds is 7. The van der Waals surface area contributed by atoms with E-state index in [2.05, 4.69) is 5.32 Å². The van der Waals surface area contributed by atoms with Crippen molar-refractivity contribution in [3.05, 3.63) is 0 Å². The molecule has 2 fully saturated rings. The van der Waals surface area contributed by atoms with Crippen LogP contribution in [0.15, 0.2) is 0 Å². The molecule has 0 aromatic carbocycles. The molecule has 1 unspecified atom stereocenters. The summed E-state index contributed by atoms with van der Waals surface area (Å²) in [6, 6.07) is 0.852. The predicted octanol–water partition coefficient (Wildman–Crippen LogP) is 3.51. The van der Waals surface area contributed by atoms with Gasteiger partial charge in [0.05, 0.1) is 0 Å². The molecule has 2 rings (SSSR count). The molecular weight excluding hydrogens is 210 g/mol. The van der Waals surface area contributed by atoms with E-state index in [1.54, 1.807) is 7.11 Å². The third-order valence-corrected chi connectivity index (χ3v) is 4.94. The van der Waals surface area contributed by atoms with Crippen molar-refractivity contribution in [2.24, 2.45) is 5.41 Å². The Kier molecular flexibility index (Phi) is 5.30. The second-order valence-corrected chi connectivity index (χ2v) is 6.02. The van der Waals surface area contributed by atoms with Gasteiger partial charge in [-0.3, -0.25) is 0 Å². The van der Waals surface area contributed by atoms with Crippen LogP contribution in [0.3, 0.4) is 0 Å². The minimum atomic E-state index is 0.727. The molecule has 0 bridgehead atoms. The molecule has 0 heterocycles. The van der Waals surface area contributed by atoms with Gasteiger partial charge in [-0.2, -0.15) is 0 Å². The molecule has 0 radical (unpaired) electrons. The molecule has 0 amide bonds. The number of hydrogen-bond acceptors (Lipinski definition) is 2. The number of hydrogen-bond donors (Lipinski definition) is 1. The summed E-state index contributed by atoms with van der Waals surface area (Å²) in [5.41, 5.74) is 0.727. The molecule has 2 heteroatoms. The highest BCUT2D eigenvalue weighted by atomic mass is 16.5. The molecule has 0 aliphatic heterocycles. The zero-order valence-electron chi connectivity index (χ0n) is 11.5. The minimum absolute atomic E-state index is 0.727. The summed E-state index contributed by atoms with van der Waals surface area (Å²) < 4.78 is 5.07. The summed E-state index contributed by atoms with van der Waals surface area (Å²) in [4.78, 5) is 0. The van der Waals surface area contributed by atoms with Gasteiger partial charge < -0.3 is 10.1 Å². The lowest BCUT2D eigenvalue weighted by Crippen LogP contribution is -2.54. The molecule has 2 aliphatic carbocycles. The smallest absolute Gasteiger partial charge is 0.0462 e. The van der Waals surface area contributed by atoms with Crippen molar-refractivity contribution in [2.45, 2.75) is 70.3 Å². The molecule has 0 saturated heterocycles. The number of ether oxygens (including phenoxy) is 1. The van der Waals surface area contributed by atoms with Crippen molar-refractivity contribution in [3.63, 3.8) is 0 Å². The second kappa shape index (κ2) is 6.75. The lowest BCUT2D eigenvalue weighted by molar-refractivity contribution is 0.0231. The van der Waals surface area contributed by atoms with Crippen LogP contribution in [0.5, 0.6) is 0 Å². The summed E-state index contributed by atoms with van der Waals surface area (Å²) in [6.45, 7) is 2.14. The zero-order valence-corrected chi connectivity index (χ0v) is 11.5. The molecule has 1 N–H and O–H groups in total. The first kappa shape index (κ1) is 13.4. The van der Waals surface area contributed by atoms with Gasteiger partial charge in [-0.05, 0) is 56.9 Å². The molecule has 0 aromatic rings. The zero-order chi connectivity index (χ0) is 12.0. The van der Waals surface area contributed by atoms with Crippen LogP contribution in [-0.4, -0.2) is 26.3 Å². The Morgan fingerprint density at radius 2 is 1.88 bits per heavy atom. The summed E-state index contributed by atoms with van der Waals surface area (Å²) in [5.74, 6) is 0. The van der Waals surface area contributed by atoms with Crippen molar-refractivity contribution in [1.82, 2.24) is 5.32 Å². The molecule has 2 saturated carbocycles. The van der Waals surface area contributed by atoms with Gasteiger partial charge in [0.2, 0.25) is 0 Å². The van der Waals surface area contributed by atoms with E-state index in [1.165, 1.54) is 70.8 Å². The highest BCUT2D eigenvalue weighted by molar-refractivity contribution is 5.01. The second-order valence-electron chi connectivity index (χ2n) is 6.02. The number of nitrogens with one attached hydrogen (secondary N) is 1. The van der Waals surface area contributed by atoms with Gasteiger partial charge in [0, 0.05) is 19.8 Å². The Labute approximate surface area is 107 Å². The van der Waals surface area contributed by atoms with Crippen LogP contribution in [0.25, 0.3) is 0 Å². The number of unbranched alkanes of at least 4 members (excludes halogenated alkanes) is 2. The van der Waals surface area contributed by atoms with Crippen LogP contribution in [0.4, 0.5) is 0 Å². The van der Waals surface area contributed by atoms with Gasteiger partial charge in [-0.15, -0.1) is 0 Å². The highest BCUT2D eigenvalue weighted by Crippen LogP contribution is 2.51. The van der Waals surface area contributed by atoms with Gasteiger partial charge in [0.1, 0.15) is 0 Å². The Hall–Kier alpha value is -0.0800. The van der Waals surface area contributed by atoms with Crippen LogP contribution in [0.2, 0.25) is 0 Å². The average Bonchev–Trinajstić information content (AvgIpc) is 2.37. The van der Waals surface area contributed by atoms with Gasteiger partial charge in [0.15, 0.2) is 0 Å². The van der Waals surface area contributed by atoms with Crippen molar-refractivity contribution >= 4 is 0 Å². The largest absolute Gasteiger partial charge is 0.385 e. The van der Waals surface area contributed by atoms with Gasteiger partial charge in [0.25, 0.3) is 0 Å². The lowest BCUT2D eigenvalue weighted by Gasteiger charge is -2.52. The normalized spacial score (nSPS) is 27.0. The molecule has 1 spiro atoms. The van der Waals surface area contributed by atoms with Crippen LogP contribution in [-0.2, 0) is 4.74 Å². The van der Waals surface area contributed by atoms with E-state index in [4.69, 9.17) is 4.74 Å². The first-order valence-electron chi connectivity index (χ1n) is 7.60. The molecule has 2 aliphatic rings. The van der Waals surface area contributed by atoms with Crippen LogP contribution < -0.4 is 5.32 Å². The Morgan fingerprint density at radius 3 is 2.53 bits per heavy atom. The number of methoxy groups -OCH3 is 1. The van der Waals surface area contributed by atoms with E-state index >= 15 is 0 Å². The van der Waals surface area contributed by atoms with E-state index < -0.39 is 0 Å². The SMILES string of the molecule is COCCCCCNC1CCC12CCCCC2. The molecular formula is C15H29NO. The van der Waals surface area contributed by atoms with Crippen molar-refractivity contribution in [1.29, 1.82) is 0 Å². The molecule has 0 aromatic heterocycles. The average molecular weight is 239 g/mol. The van der Waals surface area contributed by atoms with Gasteiger partial charge >= 0.3 is 0 Å². The molecule has 1 atom stereocenters. The fraction of sp³-hybridized carbons (Fsp3) is 1.00. The highest BCUT2D eigenvalue weighted by Gasteiger charge is 2.46. The first-order valence-corrected chi connectivity index (χ1v) is 7.60. The van der Waals surface area contributed by atoms with Gasteiger partial charge in [-0.1, -0.05) is 19.3 Å². The maximum absolute atomic E-state index is 5.07. The summed E-state index contributed by atoms with van der Waals surface area (Å²) >= 11 is 0. The van der Waals surface area contributed by atoms with Crippen molar-refractivity contribution in [2.75, 3.05) is 20.3 Å². The summed E-state index contributed by atoms with van der Waals surface area (Å²) in [6.07, 6.45) is 14.2. The third-order valence-electron chi connectivity index (χ3n) is 4.94. The monoisotopic (exact) mass is 239 g/mol. The Bertz CT molecular complexity index is 211. The Morgan fingerprint density at radius 1 is 1.06 bits per heavy atom. The third kappa shape index (κ3) is 3.45. The van der Waals surface area contributed by atoms with E-state index in [1.807, 2.05) is 0 Å². The Balaban J connectivity index is 1.56. The minimum Gasteiger partial charge on any atom is -0.385 e. The maximum atomic E-state index is 5.07. The lowest BCUT2D eigenvalue weighted by atomic mass is 9.57. The van der Waals surface area contributed by atoms with Crippen LogP contribution >= 0.6 is 0 Å². The first-order chi connectivity index (χ1) is 8.37. The van der Waals surface area contributed by atoms with E-state index in [0.29, 0.717) is 0 Å². The molecule has 100 valence electrons. The maximum Gasteiger partial charge on any atom is 0.0462 e. The standard InChI is InChI=1S/C15H29NO/c1-17-13-7-3-6-12-16-14-8-11-15(14)9-4-2-5-10-15/h14,16H,2-13H2,1H3. The quantitative estimate of drug-likeness (QED) is 0.687. The van der Waals surface area contributed by atoms with E-state index in [-0.39, 0.29) is 0 Å². The molecule has 2 nitrogen and oxygen atoms in total. The van der Waals surface area contributed by atoms with E-state index in [0.717, 1.165) is 18.1 Å². The van der Waals surface area contributed by atoms with Crippen molar-refractivity contribution < 1.29 is 4.74 Å². The predicted molar refractivity (Wildman–Crippen MR) is 72.3 cm³/mol. The van der Waals surface area contributed by atoms with Crippen LogP contribution in [0, 0.1) is 5.41 Å². The fourth-order valence-electron chi connectivity index (χ4n) is 3.69. The fourth-order valence-corrected chi connectivity index (χ4v) is 3.69. The summed E-state index contributed by atoms with van der Waals surface area (Å²) in [7, 11) is 1.79. The molecule has 17 heavy (non-hydrogen) atoms. The topological polar surface area (TPSA) is 21.3 Å². The van der Waals surface area contributed by atoms with Gasteiger partial charge in [-0.25, -0.2) is 0 Å². The van der Waals surface area contributed by atoms with Crippen LogP contribution in [0.1, 0.15) is 64.2 Å². The van der Waals surface area contributed by atoms with Crippen molar-refractivity contribution in [3.8, 4) is 0 Å².